The second kappa shape index (κ2) is 7.77. The molecule has 5 nitrogen and oxygen atoms in total. The van der Waals surface area contributed by atoms with Crippen molar-refractivity contribution in [3.8, 4) is 5.75 Å². The van der Waals surface area contributed by atoms with Crippen LogP contribution in [-0.2, 0) is 10.0 Å². The van der Waals surface area contributed by atoms with Crippen molar-refractivity contribution >= 4 is 10.0 Å². The van der Waals surface area contributed by atoms with Crippen LogP contribution in [0.2, 0.25) is 0 Å². The molecule has 0 saturated heterocycles. The van der Waals surface area contributed by atoms with Crippen LogP contribution in [0.4, 0.5) is 0 Å². The van der Waals surface area contributed by atoms with Gasteiger partial charge in [0.15, 0.2) is 0 Å². The molecule has 0 unspecified atom stereocenters. The van der Waals surface area contributed by atoms with Crippen LogP contribution in [0.5, 0.6) is 5.75 Å². The monoisotopic (exact) mass is 314 g/mol. The highest BCUT2D eigenvalue weighted by Crippen LogP contribution is 2.18. The fraction of sp³-hybridized carbons (Fsp3) is 0.600. The lowest BCUT2D eigenvalue weighted by Gasteiger charge is -2.26. The summed E-state index contributed by atoms with van der Waals surface area (Å²) >= 11 is 0. The summed E-state index contributed by atoms with van der Waals surface area (Å²) in [6.07, 6.45) is 2.42. The molecule has 21 heavy (non-hydrogen) atoms. The van der Waals surface area contributed by atoms with Gasteiger partial charge in [-0.2, -0.15) is 0 Å². The van der Waals surface area contributed by atoms with Gasteiger partial charge in [-0.25, -0.2) is 13.1 Å². The third kappa shape index (κ3) is 5.30. The Balaban J connectivity index is 2.70. The molecule has 0 amide bonds. The molecular formula is C15H26N2O3S. The van der Waals surface area contributed by atoms with Crippen LogP contribution in [0.15, 0.2) is 29.2 Å². The van der Waals surface area contributed by atoms with Crippen LogP contribution < -0.4 is 15.2 Å². The Morgan fingerprint density at radius 3 is 2.19 bits per heavy atom. The summed E-state index contributed by atoms with van der Waals surface area (Å²) in [6, 6.07) is 6.41. The van der Waals surface area contributed by atoms with Crippen LogP contribution in [-0.4, -0.2) is 27.1 Å². The molecule has 0 fully saturated rings. The zero-order chi connectivity index (χ0) is 15.9. The van der Waals surface area contributed by atoms with E-state index in [9.17, 15) is 8.42 Å². The van der Waals surface area contributed by atoms with Crippen LogP contribution >= 0.6 is 0 Å². The first-order chi connectivity index (χ1) is 9.87. The van der Waals surface area contributed by atoms with Gasteiger partial charge in [0.25, 0.3) is 0 Å². The summed E-state index contributed by atoms with van der Waals surface area (Å²) in [4.78, 5) is 0.244. The summed E-state index contributed by atoms with van der Waals surface area (Å²) < 4.78 is 32.1. The van der Waals surface area contributed by atoms with Gasteiger partial charge in [-0.05, 0) is 43.5 Å². The third-order valence-electron chi connectivity index (χ3n) is 3.61. The summed E-state index contributed by atoms with van der Waals surface area (Å²) in [7, 11) is -3.42. The molecule has 0 saturated carbocycles. The maximum Gasteiger partial charge on any atom is 0.240 e. The van der Waals surface area contributed by atoms with Crippen molar-refractivity contribution in [1.82, 2.24) is 4.72 Å². The molecule has 6 heteroatoms. The minimum Gasteiger partial charge on any atom is -0.492 e. The van der Waals surface area contributed by atoms with Gasteiger partial charge in [0.1, 0.15) is 12.4 Å². The quantitative estimate of drug-likeness (QED) is 0.732. The first-order valence-corrected chi connectivity index (χ1v) is 8.86. The highest BCUT2D eigenvalue weighted by Gasteiger charge is 2.21. The molecule has 0 aromatic heterocycles. The van der Waals surface area contributed by atoms with Gasteiger partial charge in [-0.3, -0.25) is 0 Å². The van der Waals surface area contributed by atoms with E-state index in [1.807, 2.05) is 20.8 Å². The zero-order valence-corrected chi connectivity index (χ0v) is 13.9. The topological polar surface area (TPSA) is 81.4 Å². The molecular weight excluding hydrogens is 288 g/mol. The molecule has 0 aliphatic carbocycles. The molecule has 0 aliphatic heterocycles. The van der Waals surface area contributed by atoms with Gasteiger partial charge >= 0.3 is 0 Å². The van der Waals surface area contributed by atoms with Gasteiger partial charge in [0, 0.05) is 12.1 Å². The lowest BCUT2D eigenvalue weighted by molar-refractivity contribution is 0.207. The molecule has 0 aliphatic rings. The van der Waals surface area contributed by atoms with Crippen molar-refractivity contribution in [3.05, 3.63) is 24.3 Å². The SMILES string of the molecule is CCCNS(=O)(=O)c1ccc(OCC(N)(CC)CC)cc1. The fourth-order valence-electron chi connectivity index (χ4n) is 1.72. The minimum atomic E-state index is -3.42. The normalized spacial score (nSPS) is 12.4. The molecule has 3 N–H and O–H groups in total. The Hall–Kier alpha value is -1.11. The highest BCUT2D eigenvalue weighted by atomic mass is 32.2. The third-order valence-corrected chi connectivity index (χ3v) is 5.09. The number of benzene rings is 1. The number of nitrogens with two attached hydrogens (primary N) is 1. The maximum atomic E-state index is 11.9. The summed E-state index contributed by atoms with van der Waals surface area (Å²) in [6.45, 7) is 6.83. The van der Waals surface area contributed by atoms with Gasteiger partial charge in [-0.1, -0.05) is 20.8 Å². The largest absolute Gasteiger partial charge is 0.492 e. The van der Waals surface area contributed by atoms with E-state index in [2.05, 4.69) is 4.72 Å². The standard InChI is InChI=1S/C15H26N2O3S/c1-4-11-17-21(18,19)14-9-7-13(8-10-14)20-12-15(16,5-2)6-3/h7-10,17H,4-6,11-12,16H2,1-3H3. The van der Waals surface area contributed by atoms with E-state index in [4.69, 9.17) is 10.5 Å². The Morgan fingerprint density at radius 1 is 1.14 bits per heavy atom. The van der Waals surface area contributed by atoms with Crippen molar-refractivity contribution in [3.63, 3.8) is 0 Å². The molecule has 1 aromatic carbocycles. The van der Waals surface area contributed by atoms with Crippen LogP contribution in [0.25, 0.3) is 0 Å². The molecule has 0 radical (unpaired) electrons. The van der Waals surface area contributed by atoms with Crippen LogP contribution in [0, 0.1) is 0 Å². The average molecular weight is 314 g/mol. The fourth-order valence-corrected chi connectivity index (χ4v) is 2.85. The van der Waals surface area contributed by atoms with E-state index in [1.165, 1.54) is 0 Å². The van der Waals surface area contributed by atoms with E-state index in [0.29, 0.717) is 18.9 Å². The predicted octanol–water partition coefficient (Wildman–Crippen LogP) is 2.27. The molecule has 0 bridgehead atoms. The van der Waals surface area contributed by atoms with Crippen molar-refractivity contribution in [1.29, 1.82) is 0 Å². The molecule has 1 aromatic rings. The van der Waals surface area contributed by atoms with Gasteiger partial charge in [0.2, 0.25) is 10.0 Å². The van der Waals surface area contributed by atoms with Gasteiger partial charge < -0.3 is 10.5 Å². The van der Waals surface area contributed by atoms with Crippen molar-refractivity contribution in [2.24, 2.45) is 5.73 Å². The minimum absolute atomic E-state index is 0.244. The lowest BCUT2D eigenvalue weighted by atomic mass is 9.96. The molecule has 120 valence electrons. The number of hydrogen-bond acceptors (Lipinski definition) is 4. The Bertz CT molecular complexity index is 522. The number of sulfonamides is 1. The maximum absolute atomic E-state index is 11.9. The molecule has 0 heterocycles. The summed E-state index contributed by atoms with van der Waals surface area (Å²) in [5.74, 6) is 0.626. The first kappa shape index (κ1) is 17.9. The van der Waals surface area contributed by atoms with Crippen LogP contribution in [0.3, 0.4) is 0 Å². The average Bonchev–Trinajstić information content (AvgIpc) is 2.51. The summed E-state index contributed by atoms with van der Waals surface area (Å²) in [5.41, 5.74) is 5.83. The van der Waals surface area contributed by atoms with E-state index in [1.54, 1.807) is 24.3 Å². The second-order valence-corrected chi connectivity index (χ2v) is 6.99. The lowest BCUT2D eigenvalue weighted by Crippen LogP contribution is -2.44. The van der Waals surface area contributed by atoms with E-state index >= 15 is 0 Å². The number of ether oxygens (including phenoxy) is 1. The Labute approximate surface area is 127 Å². The van der Waals surface area contributed by atoms with Crippen molar-refractivity contribution < 1.29 is 13.2 Å². The van der Waals surface area contributed by atoms with E-state index in [-0.39, 0.29) is 10.4 Å². The predicted molar refractivity (Wildman–Crippen MR) is 84.9 cm³/mol. The zero-order valence-electron chi connectivity index (χ0n) is 13.1. The highest BCUT2D eigenvalue weighted by molar-refractivity contribution is 7.89. The van der Waals surface area contributed by atoms with Crippen molar-refractivity contribution in [2.45, 2.75) is 50.5 Å². The van der Waals surface area contributed by atoms with Gasteiger partial charge in [-0.15, -0.1) is 0 Å². The molecule has 0 atom stereocenters. The summed E-state index contributed by atoms with van der Waals surface area (Å²) in [5, 5.41) is 0. The number of rotatable bonds is 9. The number of nitrogens with one attached hydrogen (secondary N) is 1. The number of hydrogen-bond donors (Lipinski definition) is 2. The second-order valence-electron chi connectivity index (χ2n) is 5.23. The van der Waals surface area contributed by atoms with E-state index in [0.717, 1.165) is 19.3 Å². The smallest absolute Gasteiger partial charge is 0.240 e. The Morgan fingerprint density at radius 2 is 1.71 bits per heavy atom. The van der Waals surface area contributed by atoms with Crippen molar-refractivity contribution in [2.75, 3.05) is 13.2 Å². The molecule has 1 rings (SSSR count). The Kier molecular flexibility index (Phi) is 6.64. The first-order valence-electron chi connectivity index (χ1n) is 7.38. The van der Waals surface area contributed by atoms with Gasteiger partial charge in [0.05, 0.1) is 4.90 Å². The molecule has 0 spiro atoms. The van der Waals surface area contributed by atoms with Crippen LogP contribution in [0.1, 0.15) is 40.0 Å². The van der Waals surface area contributed by atoms with E-state index < -0.39 is 10.0 Å².